The van der Waals surface area contributed by atoms with Gasteiger partial charge in [-0.2, -0.15) is 5.10 Å². The Morgan fingerprint density at radius 3 is 2.65 bits per heavy atom. The highest BCUT2D eigenvalue weighted by Gasteiger charge is 2.51. The molecular weight excluding hydrogens is 551 g/mol. The van der Waals surface area contributed by atoms with E-state index in [2.05, 4.69) is 10.2 Å². The molecule has 1 aromatic heterocycles. The van der Waals surface area contributed by atoms with Crippen LogP contribution in [0, 0.1) is 12.7 Å². The van der Waals surface area contributed by atoms with Crippen molar-refractivity contribution in [2.45, 2.75) is 51.1 Å². The summed E-state index contributed by atoms with van der Waals surface area (Å²) >= 11 is 0. The fourth-order valence-corrected chi connectivity index (χ4v) is 6.64. The molecule has 4 amide bonds. The molecule has 0 bridgehead atoms. The van der Waals surface area contributed by atoms with Crippen LogP contribution in [0.25, 0.3) is 11.1 Å². The summed E-state index contributed by atoms with van der Waals surface area (Å²) in [6, 6.07) is 10.5. The maximum Gasteiger partial charge on any atom is 0.325 e. The number of anilines is 1. The molecule has 43 heavy (non-hydrogen) atoms. The monoisotopic (exact) mass is 588 g/mol. The van der Waals surface area contributed by atoms with Gasteiger partial charge in [0.15, 0.2) is 0 Å². The summed E-state index contributed by atoms with van der Waals surface area (Å²) in [4.78, 5) is 46.5. The number of hydrogen-bond acceptors (Lipinski definition) is 5. The molecule has 0 aliphatic carbocycles. The Morgan fingerprint density at radius 1 is 1.14 bits per heavy atom. The molecule has 226 valence electrons. The number of piperidine rings is 1. The summed E-state index contributed by atoms with van der Waals surface area (Å²) in [6.45, 7) is 4.64. The van der Waals surface area contributed by atoms with Crippen LogP contribution < -0.4 is 9.64 Å². The number of urea groups is 1. The van der Waals surface area contributed by atoms with Gasteiger partial charge >= 0.3 is 6.03 Å². The third-order valence-electron chi connectivity index (χ3n) is 9.31. The van der Waals surface area contributed by atoms with Crippen LogP contribution in [0.5, 0.6) is 5.75 Å². The summed E-state index contributed by atoms with van der Waals surface area (Å²) < 4.78 is 20.2. The number of ether oxygens (including phenoxy) is 1. The number of nitrogens with zero attached hydrogens (tertiary/aromatic N) is 5. The number of carbonyl (C=O) groups excluding carboxylic acids is 3. The van der Waals surface area contributed by atoms with Gasteiger partial charge in [0.2, 0.25) is 11.8 Å². The van der Waals surface area contributed by atoms with Crippen molar-refractivity contribution < 1.29 is 23.5 Å². The zero-order chi connectivity index (χ0) is 30.1. The van der Waals surface area contributed by atoms with Gasteiger partial charge in [-0.3, -0.25) is 19.6 Å². The van der Waals surface area contributed by atoms with E-state index in [4.69, 9.17) is 4.74 Å². The molecule has 3 aliphatic heterocycles. The smallest absolute Gasteiger partial charge is 0.325 e. The zero-order valence-corrected chi connectivity index (χ0v) is 24.6. The number of halogens is 1. The van der Waals surface area contributed by atoms with E-state index >= 15 is 0 Å². The van der Waals surface area contributed by atoms with Gasteiger partial charge in [-0.15, -0.1) is 0 Å². The van der Waals surface area contributed by atoms with E-state index < -0.39 is 5.54 Å². The Bertz CT molecular complexity index is 1520. The first-order valence-corrected chi connectivity index (χ1v) is 14.9. The third kappa shape index (κ3) is 5.44. The highest BCUT2D eigenvalue weighted by Crippen LogP contribution is 2.42. The summed E-state index contributed by atoms with van der Waals surface area (Å²) in [6.07, 6.45) is 6.42. The number of amides is 4. The molecule has 3 aliphatic rings. The van der Waals surface area contributed by atoms with Gasteiger partial charge in [0.25, 0.3) is 0 Å². The average molecular weight is 589 g/mol. The quantitative estimate of drug-likeness (QED) is 0.422. The first-order chi connectivity index (χ1) is 20.8. The van der Waals surface area contributed by atoms with Crippen LogP contribution in [-0.2, 0) is 16.1 Å². The molecule has 6 rings (SSSR count). The van der Waals surface area contributed by atoms with Gasteiger partial charge in [0, 0.05) is 74.6 Å². The second kappa shape index (κ2) is 11.7. The van der Waals surface area contributed by atoms with Gasteiger partial charge in [-0.25, -0.2) is 9.18 Å². The van der Waals surface area contributed by atoms with Crippen LogP contribution in [0.2, 0.25) is 0 Å². The lowest BCUT2D eigenvalue weighted by atomic mass is 9.86. The van der Waals surface area contributed by atoms with E-state index in [1.54, 1.807) is 42.3 Å². The number of aromatic amines is 1. The lowest BCUT2D eigenvalue weighted by Crippen LogP contribution is -2.55. The standard InChI is InChI=1S/C32H37FN6O4/c1-22-23(5-3-6-27(22)33)20-39-31(42)38(25-8-9-26(28(17-25)43-2)24-18-34-35-19-24)21-32(39)11-15-37(16-12-32)30(41)10-14-36-13-4-7-29(36)40/h3,5-6,8-9,17-19H,4,7,10-16,20-21H2,1-2H3,(H,34,35). The maximum atomic E-state index is 14.5. The van der Waals surface area contributed by atoms with E-state index in [9.17, 15) is 18.8 Å². The van der Waals surface area contributed by atoms with Crippen LogP contribution >= 0.6 is 0 Å². The number of hydrogen-bond donors (Lipinski definition) is 1. The van der Waals surface area contributed by atoms with Crippen molar-refractivity contribution in [3.05, 3.63) is 65.7 Å². The Labute approximate surface area is 250 Å². The second-order valence-corrected chi connectivity index (χ2v) is 11.7. The molecule has 3 saturated heterocycles. The number of benzene rings is 2. The number of likely N-dealkylation sites (tertiary alicyclic amines) is 2. The van der Waals surface area contributed by atoms with E-state index in [-0.39, 0.29) is 30.2 Å². The van der Waals surface area contributed by atoms with E-state index in [1.807, 2.05) is 34.1 Å². The van der Waals surface area contributed by atoms with Crippen molar-refractivity contribution >= 4 is 23.5 Å². The lowest BCUT2D eigenvalue weighted by Gasteiger charge is -2.44. The number of carbonyl (C=O) groups is 3. The predicted octanol–water partition coefficient (Wildman–Crippen LogP) is 4.35. The zero-order valence-electron chi connectivity index (χ0n) is 24.6. The van der Waals surface area contributed by atoms with Gasteiger partial charge in [-0.05, 0) is 55.5 Å². The van der Waals surface area contributed by atoms with Gasteiger partial charge < -0.3 is 19.4 Å². The van der Waals surface area contributed by atoms with Crippen molar-refractivity contribution in [2.75, 3.05) is 44.7 Å². The molecule has 1 N–H and O–H groups in total. The first kappa shape index (κ1) is 28.7. The fraction of sp³-hybridized carbons (Fsp3) is 0.438. The Balaban J connectivity index is 1.24. The van der Waals surface area contributed by atoms with Gasteiger partial charge in [-0.1, -0.05) is 12.1 Å². The van der Waals surface area contributed by atoms with Crippen molar-refractivity contribution in [2.24, 2.45) is 0 Å². The fourth-order valence-electron chi connectivity index (χ4n) is 6.64. The normalized spacial score (nSPS) is 18.3. The number of methoxy groups -OCH3 is 1. The topological polar surface area (TPSA) is 102 Å². The van der Waals surface area contributed by atoms with Crippen molar-refractivity contribution in [3.8, 4) is 16.9 Å². The highest BCUT2D eigenvalue weighted by molar-refractivity contribution is 5.96. The van der Waals surface area contributed by atoms with Crippen LogP contribution in [0.4, 0.5) is 14.9 Å². The summed E-state index contributed by atoms with van der Waals surface area (Å²) in [5.41, 5.74) is 3.20. The maximum absolute atomic E-state index is 14.5. The van der Waals surface area contributed by atoms with Gasteiger partial charge in [0.05, 0.1) is 25.4 Å². The average Bonchev–Trinajstić information content (AvgIpc) is 3.76. The van der Waals surface area contributed by atoms with Crippen LogP contribution in [0.15, 0.2) is 48.8 Å². The molecule has 10 nitrogen and oxygen atoms in total. The molecule has 2 aromatic carbocycles. The van der Waals surface area contributed by atoms with Crippen molar-refractivity contribution in [3.63, 3.8) is 0 Å². The molecule has 3 fully saturated rings. The molecule has 0 saturated carbocycles. The van der Waals surface area contributed by atoms with Crippen LogP contribution in [0.1, 0.15) is 43.2 Å². The minimum absolute atomic E-state index is 0.0304. The summed E-state index contributed by atoms with van der Waals surface area (Å²) in [7, 11) is 1.60. The molecular formula is C32H37FN6O4. The van der Waals surface area contributed by atoms with Crippen molar-refractivity contribution in [1.82, 2.24) is 24.9 Å². The van der Waals surface area contributed by atoms with Crippen LogP contribution in [-0.4, -0.2) is 88.1 Å². The third-order valence-corrected chi connectivity index (χ3v) is 9.31. The van der Waals surface area contributed by atoms with Gasteiger partial charge in [0.1, 0.15) is 11.6 Å². The van der Waals surface area contributed by atoms with E-state index in [0.29, 0.717) is 68.9 Å². The lowest BCUT2D eigenvalue weighted by molar-refractivity contribution is -0.134. The highest BCUT2D eigenvalue weighted by atomic mass is 19.1. The van der Waals surface area contributed by atoms with Crippen LogP contribution in [0.3, 0.4) is 0 Å². The molecule has 4 heterocycles. The Morgan fingerprint density at radius 2 is 1.95 bits per heavy atom. The molecule has 0 unspecified atom stereocenters. The summed E-state index contributed by atoms with van der Waals surface area (Å²) in [5, 5.41) is 6.85. The molecule has 0 radical (unpaired) electrons. The largest absolute Gasteiger partial charge is 0.496 e. The minimum Gasteiger partial charge on any atom is -0.496 e. The number of aromatic nitrogens is 2. The first-order valence-electron chi connectivity index (χ1n) is 14.9. The minimum atomic E-state index is -0.534. The molecule has 0 atom stereocenters. The molecule has 1 spiro atoms. The van der Waals surface area contributed by atoms with E-state index in [1.165, 1.54) is 6.07 Å². The van der Waals surface area contributed by atoms with E-state index in [0.717, 1.165) is 29.7 Å². The summed E-state index contributed by atoms with van der Waals surface area (Å²) in [5.74, 6) is 0.471. The Hall–Kier alpha value is -4.41. The SMILES string of the molecule is COc1cc(N2CC3(CCN(C(=O)CCN4CCCC4=O)CC3)N(Cc3cccc(F)c3C)C2=O)ccc1-c1cn[nH]c1. The predicted molar refractivity (Wildman–Crippen MR) is 159 cm³/mol. The number of nitrogens with one attached hydrogen (secondary N) is 1. The Kier molecular flexibility index (Phi) is 7.81. The molecule has 3 aromatic rings. The molecule has 11 heteroatoms. The number of H-pyrrole nitrogens is 1. The second-order valence-electron chi connectivity index (χ2n) is 11.7. The van der Waals surface area contributed by atoms with Crippen molar-refractivity contribution in [1.29, 1.82) is 0 Å². The number of rotatable bonds is 8.